The Kier molecular flexibility index (Phi) is 2.77. The molecule has 4 aliphatic carbocycles. The molecule has 0 aromatic carbocycles. The number of ketones is 1. The van der Waals surface area contributed by atoms with Crippen LogP contribution in [-0.4, -0.2) is 45.7 Å². The van der Waals surface area contributed by atoms with Crippen molar-refractivity contribution in [3.05, 3.63) is 24.3 Å². The van der Waals surface area contributed by atoms with Gasteiger partial charge in [-0.3, -0.25) is 4.79 Å². The molecular weight excluding hydrogens is 320 g/mol. The van der Waals surface area contributed by atoms with Crippen LogP contribution in [0.15, 0.2) is 24.3 Å². The topological polar surface area (TPSA) is 87.0 Å². The molecule has 3 N–H and O–H groups in total. The van der Waals surface area contributed by atoms with Gasteiger partial charge in [-0.1, -0.05) is 32.6 Å². The molecule has 0 unspecified atom stereocenters. The van der Waals surface area contributed by atoms with Crippen LogP contribution in [0.4, 0.5) is 0 Å². The van der Waals surface area contributed by atoms with Gasteiger partial charge in [0.1, 0.15) is 6.10 Å². The van der Waals surface area contributed by atoms with Gasteiger partial charge >= 0.3 is 0 Å². The van der Waals surface area contributed by atoms with Crippen molar-refractivity contribution in [2.75, 3.05) is 6.61 Å². The van der Waals surface area contributed by atoms with Crippen LogP contribution in [-0.2, 0) is 9.53 Å². The quantitative estimate of drug-likeness (QED) is 0.453. The molecule has 6 aliphatic rings. The number of carbonyl (C=O) groups is 1. The van der Waals surface area contributed by atoms with Crippen LogP contribution in [0.25, 0.3) is 0 Å². The van der Waals surface area contributed by atoms with Gasteiger partial charge in [0, 0.05) is 23.2 Å². The summed E-state index contributed by atoms with van der Waals surface area (Å²) < 4.78 is 5.86. The molecule has 5 fully saturated rings. The normalized spacial score (nSPS) is 58.2. The first-order valence-electron chi connectivity index (χ1n) is 9.27. The van der Waals surface area contributed by atoms with E-state index in [-0.39, 0.29) is 35.6 Å². The summed E-state index contributed by atoms with van der Waals surface area (Å²) in [5.41, 5.74) is -1.77. The Morgan fingerprint density at radius 2 is 2.00 bits per heavy atom. The predicted octanol–water partition coefficient (Wildman–Crippen LogP) is 1.18. The van der Waals surface area contributed by atoms with Gasteiger partial charge < -0.3 is 20.1 Å². The predicted molar refractivity (Wildman–Crippen MR) is 89.2 cm³/mol. The van der Waals surface area contributed by atoms with E-state index >= 15 is 0 Å². The molecule has 5 heteroatoms. The van der Waals surface area contributed by atoms with Gasteiger partial charge in [-0.25, -0.2) is 0 Å². The molecule has 8 atom stereocenters. The highest BCUT2D eigenvalue weighted by atomic mass is 16.6. The lowest BCUT2D eigenvalue weighted by Gasteiger charge is -2.73. The molecule has 2 spiro atoms. The second-order valence-corrected chi connectivity index (χ2v) is 9.56. The lowest BCUT2D eigenvalue weighted by Crippen LogP contribution is -2.83. The average molecular weight is 346 g/mol. The van der Waals surface area contributed by atoms with E-state index in [1.807, 2.05) is 12.2 Å². The Hall–Kier alpha value is -1.01. The molecule has 0 radical (unpaired) electrons. The molecule has 2 heterocycles. The number of rotatable bonds is 0. The smallest absolute Gasteiger partial charge is 0.206 e. The van der Waals surface area contributed by atoms with Gasteiger partial charge in [-0.2, -0.15) is 0 Å². The largest absolute Gasteiger partial charge is 0.392 e. The minimum Gasteiger partial charge on any atom is -0.392 e. The number of aliphatic hydroxyl groups excluding tert-OH is 2. The summed E-state index contributed by atoms with van der Waals surface area (Å²) in [6, 6.07) is 0. The molecule has 0 aromatic rings. The highest BCUT2D eigenvalue weighted by Gasteiger charge is 2.83. The number of carbonyl (C=O) groups excluding carboxylic acids is 1. The van der Waals surface area contributed by atoms with E-state index in [0.29, 0.717) is 18.4 Å². The Labute approximate surface area is 147 Å². The third kappa shape index (κ3) is 1.40. The standard InChI is InChI=1S/C20H26O5/c1-10-11-4-5-12-18-9-25-20(24,19(12,8-11)15(10)22)16(23)14(18)17(2,3)7-6-13(18)21/h4-5,11-14,16,21,23-24H,1,6-9H2,2-3H3/t11-,12+,13+,14-,16+,18-,19+,20-/m1/s1. The molecule has 4 bridgehead atoms. The van der Waals surface area contributed by atoms with E-state index in [1.54, 1.807) is 0 Å². The number of fused-ring (bicyclic) bond motifs is 2. The molecular formula is C20H26O5. The van der Waals surface area contributed by atoms with Crippen LogP contribution in [0.3, 0.4) is 0 Å². The lowest BCUT2D eigenvalue weighted by molar-refractivity contribution is -0.440. The average Bonchev–Trinajstić information content (AvgIpc) is 2.75. The van der Waals surface area contributed by atoms with Gasteiger partial charge in [0.05, 0.1) is 18.1 Å². The van der Waals surface area contributed by atoms with Crippen molar-refractivity contribution in [2.24, 2.45) is 34.0 Å². The number of hydrogen-bond donors (Lipinski definition) is 3. The molecule has 5 nitrogen and oxygen atoms in total. The van der Waals surface area contributed by atoms with E-state index in [1.165, 1.54) is 0 Å². The Morgan fingerprint density at radius 1 is 1.28 bits per heavy atom. The summed E-state index contributed by atoms with van der Waals surface area (Å²) >= 11 is 0. The molecule has 2 saturated heterocycles. The first-order chi connectivity index (χ1) is 11.6. The molecule has 3 saturated carbocycles. The van der Waals surface area contributed by atoms with Gasteiger partial charge in [0.25, 0.3) is 0 Å². The minimum atomic E-state index is -1.92. The molecule has 136 valence electrons. The maximum Gasteiger partial charge on any atom is 0.206 e. The summed E-state index contributed by atoms with van der Waals surface area (Å²) in [6.45, 7) is 8.26. The van der Waals surface area contributed by atoms with E-state index in [2.05, 4.69) is 20.4 Å². The van der Waals surface area contributed by atoms with Crippen LogP contribution in [0.1, 0.15) is 33.1 Å². The first-order valence-corrected chi connectivity index (χ1v) is 9.27. The lowest BCUT2D eigenvalue weighted by atomic mass is 9.37. The summed E-state index contributed by atoms with van der Waals surface area (Å²) in [5, 5.41) is 33.9. The minimum absolute atomic E-state index is 0.119. The molecule has 25 heavy (non-hydrogen) atoms. The monoisotopic (exact) mass is 346 g/mol. The Bertz CT molecular complexity index is 726. The zero-order valence-electron chi connectivity index (χ0n) is 14.7. The number of ether oxygens (including phenoxy) is 1. The summed E-state index contributed by atoms with van der Waals surface area (Å²) in [7, 11) is 0. The highest BCUT2D eigenvalue weighted by molar-refractivity contribution is 6.04. The number of aliphatic hydroxyl groups is 3. The summed E-state index contributed by atoms with van der Waals surface area (Å²) in [5.74, 6) is -2.92. The van der Waals surface area contributed by atoms with Crippen LogP contribution in [0.5, 0.6) is 0 Å². The zero-order chi connectivity index (χ0) is 18.0. The SMILES string of the molecule is C=C1C(=O)[C@]23C[C@H]1C=C[C@H]2[C@@]12CO[C@]3(O)[C@@H](O)[C@@H]1C(C)(C)CC[C@@H]2O. The van der Waals surface area contributed by atoms with Crippen molar-refractivity contribution >= 4 is 5.78 Å². The van der Waals surface area contributed by atoms with Gasteiger partial charge in [0.15, 0.2) is 5.78 Å². The fourth-order valence-corrected chi connectivity index (χ4v) is 7.25. The molecule has 2 aliphatic heterocycles. The van der Waals surface area contributed by atoms with Gasteiger partial charge in [-0.05, 0) is 30.3 Å². The van der Waals surface area contributed by atoms with Crippen LogP contribution >= 0.6 is 0 Å². The van der Waals surface area contributed by atoms with Crippen molar-refractivity contribution in [1.29, 1.82) is 0 Å². The van der Waals surface area contributed by atoms with E-state index in [0.717, 1.165) is 6.42 Å². The summed E-state index contributed by atoms with van der Waals surface area (Å²) in [4.78, 5) is 13.3. The van der Waals surface area contributed by atoms with Crippen LogP contribution in [0, 0.1) is 34.0 Å². The van der Waals surface area contributed by atoms with Gasteiger partial charge in [0.2, 0.25) is 5.79 Å². The van der Waals surface area contributed by atoms with E-state index in [4.69, 9.17) is 4.74 Å². The van der Waals surface area contributed by atoms with Crippen molar-refractivity contribution in [3.63, 3.8) is 0 Å². The van der Waals surface area contributed by atoms with Crippen molar-refractivity contribution in [2.45, 2.75) is 51.1 Å². The highest BCUT2D eigenvalue weighted by Crippen LogP contribution is 2.75. The second kappa shape index (κ2) is 4.28. The van der Waals surface area contributed by atoms with Crippen molar-refractivity contribution in [1.82, 2.24) is 0 Å². The molecule has 0 amide bonds. The second-order valence-electron chi connectivity index (χ2n) is 9.56. The van der Waals surface area contributed by atoms with Crippen molar-refractivity contribution in [3.8, 4) is 0 Å². The van der Waals surface area contributed by atoms with E-state index < -0.39 is 28.8 Å². The third-order valence-electron chi connectivity index (χ3n) is 8.33. The number of Topliss-reactive ketones (excluding diaryl/α,β-unsaturated/α-hetero) is 1. The third-order valence-corrected chi connectivity index (χ3v) is 8.33. The fraction of sp³-hybridized carbons (Fsp3) is 0.750. The van der Waals surface area contributed by atoms with Crippen LogP contribution in [0.2, 0.25) is 0 Å². The molecule has 6 rings (SSSR count). The summed E-state index contributed by atoms with van der Waals surface area (Å²) in [6.07, 6.45) is 3.91. The first kappa shape index (κ1) is 16.2. The Balaban J connectivity index is 1.81. The van der Waals surface area contributed by atoms with E-state index in [9.17, 15) is 20.1 Å². The van der Waals surface area contributed by atoms with Crippen molar-refractivity contribution < 1.29 is 24.9 Å². The number of hydrogen-bond acceptors (Lipinski definition) is 5. The van der Waals surface area contributed by atoms with Gasteiger partial charge in [-0.15, -0.1) is 0 Å². The molecule has 0 aromatic heterocycles. The fourth-order valence-electron chi connectivity index (χ4n) is 7.25. The number of allylic oxidation sites excluding steroid dienone is 3. The Morgan fingerprint density at radius 3 is 2.72 bits per heavy atom. The maximum absolute atomic E-state index is 13.3. The maximum atomic E-state index is 13.3. The zero-order valence-corrected chi connectivity index (χ0v) is 14.7. The van der Waals surface area contributed by atoms with Crippen LogP contribution < -0.4 is 0 Å².